The van der Waals surface area contributed by atoms with Crippen molar-refractivity contribution in [3.63, 3.8) is 0 Å². The standard InChI is InChI=1S/C19H28N4O3.HI/c1-6-20-19(21-10-9-16-13(2)23-26-14(16)3)22-12-15-7-8-17(24-4)18(11-15)25-5;/h7-8,11H,6,9-10,12H2,1-5H3,(H2,20,21,22);1H. The summed E-state index contributed by atoms with van der Waals surface area (Å²) >= 11 is 0. The van der Waals surface area contributed by atoms with Crippen LogP contribution in [0.2, 0.25) is 0 Å². The number of methoxy groups -OCH3 is 2. The van der Waals surface area contributed by atoms with E-state index in [-0.39, 0.29) is 24.0 Å². The van der Waals surface area contributed by atoms with Crippen LogP contribution in [0.25, 0.3) is 0 Å². The Kier molecular flexibility index (Phi) is 9.98. The minimum absolute atomic E-state index is 0. The smallest absolute Gasteiger partial charge is 0.191 e. The first-order valence-electron chi connectivity index (χ1n) is 8.73. The zero-order valence-electron chi connectivity index (χ0n) is 16.6. The van der Waals surface area contributed by atoms with E-state index in [1.165, 1.54) is 0 Å². The molecule has 0 spiro atoms. The maximum absolute atomic E-state index is 5.34. The molecular weight excluding hydrogens is 459 g/mol. The topological polar surface area (TPSA) is 80.9 Å². The average molecular weight is 488 g/mol. The van der Waals surface area contributed by atoms with Crippen molar-refractivity contribution in [1.29, 1.82) is 0 Å². The lowest BCUT2D eigenvalue weighted by molar-refractivity contribution is 0.354. The van der Waals surface area contributed by atoms with Crippen LogP contribution in [0.3, 0.4) is 0 Å². The van der Waals surface area contributed by atoms with Crippen molar-refractivity contribution < 1.29 is 14.0 Å². The van der Waals surface area contributed by atoms with Gasteiger partial charge >= 0.3 is 0 Å². The van der Waals surface area contributed by atoms with Crippen molar-refractivity contribution in [3.05, 3.63) is 40.8 Å². The summed E-state index contributed by atoms with van der Waals surface area (Å²) in [5.41, 5.74) is 3.13. The second-order valence-electron chi connectivity index (χ2n) is 5.86. The number of benzene rings is 1. The van der Waals surface area contributed by atoms with Gasteiger partial charge in [0, 0.05) is 18.7 Å². The number of halogens is 1. The van der Waals surface area contributed by atoms with Crippen LogP contribution in [0.1, 0.15) is 29.5 Å². The Balaban J connectivity index is 0.00000364. The van der Waals surface area contributed by atoms with Gasteiger partial charge in [-0.1, -0.05) is 11.2 Å². The highest BCUT2D eigenvalue weighted by molar-refractivity contribution is 14.0. The Hall–Kier alpha value is -1.97. The van der Waals surface area contributed by atoms with E-state index in [2.05, 4.69) is 20.8 Å². The van der Waals surface area contributed by atoms with E-state index in [9.17, 15) is 0 Å². The second-order valence-corrected chi connectivity index (χ2v) is 5.86. The molecule has 1 heterocycles. The van der Waals surface area contributed by atoms with Crippen LogP contribution in [-0.2, 0) is 13.0 Å². The van der Waals surface area contributed by atoms with E-state index in [1.54, 1.807) is 14.2 Å². The number of rotatable bonds is 8. The molecule has 0 atom stereocenters. The van der Waals surface area contributed by atoms with Gasteiger partial charge in [-0.05, 0) is 44.9 Å². The van der Waals surface area contributed by atoms with Crippen LogP contribution in [0.5, 0.6) is 11.5 Å². The number of hydrogen-bond acceptors (Lipinski definition) is 5. The molecule has 1 aromatic heterocycles. The highest BCUT2D eigenvalue weighted by Crippen LogP contribution is 2.27. The molecule has 0 fully saturated rings. The molecule has 0 aliphatic rings. The fraction of sp³-hybridized carbons (Fsp3) is 0.474. The maximum atomic E-state index is 5.34. The minimum Gasteiger partial charge on any atom is -0.493 e. The SMILES string of the molecule is CCNC(=NCc1ccc(OC)c(OC)c1)NCCc1c(C)noc1C.I. The second kappa shape index (κ2) is 11.7. The van der Waals surface area contributed by atoms with E-state index in [1.807, 2.05) is 39.0 Å². The number of aromatic nitrogens is 1. The van der Waals surface area contributed by atoms with Crippen molar-refractivity contribution in [1.82, 2.24) is 15.8 Å². The van der Waals surface area contributed by atoms with Crippen LogP contribution in [-0.4, -0.2) is 38.4 Å². The predicted molar refractivity (Wildman–Crippen MR) is 117 cm³/mol. The summed E-state index contributed by atoms with van der Waals surface area (Å²) in [6.45, 7) is 8.03. The molecule has 0 bridgehead atoms. The fourth-order valence-corrected chi connectivity index (χ4v) is 2.66. The molecule has 7 nitrogen and oxygen atoms in total. The van der Waals surface area contributed by atoms with Crippen LogP contribution in [0.15, 0.2) is 27.7 Å². The summed E-state index contributed by atoms with van der Waals surface area (Å²) < 4.78 is 15.8. The fourth-order valence-electron chi connectivity index (χ4n) is 2.66. The summed E-state index contributed by atoms with van der Waals surface area (Å²) in [5, 5.41) is 10.6. The molecule has 0 aliphatic heterocycles. The van der Waals surface area contributed by atoms with Gasteiger partial charge in [0.1, 0.15) is 5.76 Å². The number of hydrogen-bond donors (Lipinski definition) is 2. The lowest BCUT2D eigenvalue weighted by Gasteiger charge is -2.12. The summed E-state index contributed by atoms with van der Waals surface area (Å²) in [6, 6.07) is 5.82. The lowest BCUT2D eigenvalue weighted by atomic mass is 10.1. The van der Waals surface area contributed by atoms with Gasteiger partial charge in [0.25, 0.3) is 0 Å². The number of ether oxygens (including phenoxy) is 2. The zero-order chi connectivity index (χ0) is 18.9. The molecule has 0 radical (unpaired) electrons. The molecule has 2 rings (SSSR count). The Morgan fingerprint density at radius 3 is 2.48 bits per heavy atom. The monoisotopic (exact) mass is 488 g/mol. The average Bonchev–Trinajstić information content (AvgIpc) is 2.97. The molecule has 0 unspecified atom stereocenters. The number of nitrogens with zero attached hydrogens (tertiary/aromatic N) is 2. The van der Waals surface area contributed by atoms with Crippen molar-refractivity contribution in [2.24, 2.45) is 4.99 Å². The third kappa shape index (κ3) is 6.60. The zero-order valence-corrected chi connectivity index (χ0v) is 18.9. The van der Waals surface area contributed by atoms with E-state index in [0.29, 0.717) is 18.0 Å². The van der Waals surface area contributed by atoms with E-state index >= 15 is 0 Å². The molecule has 2 aromatic rings. The number of aryl methyl sites for hydroxylation is 2. The van der Waals surface area contributed by atoms with Gasteiger partial charge in [-0.3, -0.25) is 0 Å². The molecule has 2 N–H and O–H groups in total. The number of guanidine groups is 1. The molecule has 27 heavy (non-hydrogen) atoms. The Bertz CT molecular complexity index is 727. The largest absolute Gasteiger partial charge is 0.493 e. The van der Waals surface area contributed by atoms with Gasteiger partial charge in [0.2, 0.25) is 0 Å². The summed E-state index contributed by atoms with van der Waals surface area (Å²) in [6.07, 6.45) is 0.835. The third-order valence-electron chi connectivity index (χ3n) is 4.06. The summed E-state index contributed by atoms with van der Waals surface area (Å²) in [7, 11) is 3.26. The van der Waals surface area contributed by atoms with Gasteiger partial charge in [0.05, 0.1) is 26.5 Å². The normalized spacial score (nSPS) is 10.9. The van der Waals surface area contributed by atoms with Crippen molar-refractivity contribution >= 4 is 29.9 Å². The number of aliphatic imine (C=N–C) groups is 1. The molecule has 150 valence electrons. The summed E-state index contributed by atoms with van der Waals surface area (Å²) in [4.78, 5) is 4.64. The molecule has 0 saturated carbocycles. The van der Waals surface area contributed by atoms with Gasteiger partial charge in [-0.2, -0.15) is 0 Å². The highest BCUT2D eigenvalue weighted by atomic mass is 127. The summed E-state index contributed by atoms with van der Waals surface area (Å²) in [5.74, 6) is 3.06. The Labute approximate surface area is 177 Å². The Morgan fingerprint density at radius 2 is 1.89 bits per heavy atom. The molecule has 8 heteroatoms. The molecule has 0 saturated heterocycles. The first-order valence-corrected chi connectivity index (χ1v) is 8.73. The van der Waals surface area contributed by atoms with Crippen LogP contribution in [0.4, 0.5) is 0 Å². The van der Waals surface area contributed by atoms with Crippen LogP contribution < -0.4 is 20.1 Å². The van der Waals surface area contributed by atoms with E-state index in [0.717, 1.165) is 48.1 Å². The minimum atomic E-state index is 0. The van der Waals surface area contributed by atoms with E-state index < -0.39 is 0 Å². The lowest BCUT2D eigenvalue weighted by Crippen LogP contribution is -2.38. The van der Waals surface area contributed by atoms with Crippen LogP contribution >= 0.6 is 24.0 Å². The molecule has 0 amide bonds. The molecular formula is C19H29IN4O3. The third-order valence-corrected chi connectivity index (χ3v) is 4.06. The van der Waals surface area contributed by atoms with Gasteiger partial charge in [-0.25, -0.2) is 4.99 Å². The van der Waals surface area contributed by atoms with Crippen molar-refractivity contribution in [3.8, 4) is 11.5 Å². The first kappa shape index (κ1) is 23.1. The van der Waals surface area contributed by atoms with Crippen molar-refractivity contribution in [2.75, 3.05) is 27.3 Å². The van der Waals surface area contributed by atoms with Crippen molar-refractivity contribution in [2.45, 2.75) is 33.7 Å². The highest BCUT2D eigenvalue weighted by Gasteiger charge is 2.09. The quantitative estimate of drug-likeness (QED) is 0.338. The molecule has 0 aliphatic carbocycles. The first-order chi connectivity index (χ1) is 12.6. The Morgan fingerprint density at radius 1 is 1.15 bits per heavy atom. The molecule has 1 aromatic carbocycles. The number of nitrogens with one attached hydrogen (secondary N) is 2. The maximum Gasteiger partial charge on any atom is 0.191 e. The van der Waals surface area contributed by atoms with Gasteiger partial charge in [-0.15, -0.1) is 24.0 Å². The van der Waals surface area contributed by atoms with Gasteiger partial charge < -0.3 is 24.6 Å². The predicted octanol–water partition coefficient (Wildman–Crippen LogP) is 3.22. The van der Waals surface area contributed by atoms with E-state index in [4.69, 9.17) is 14.0 Å². The van der Waals surface area contributed by atoms with Crippen LogP contribution in [0, 0.1) is 13.8 Å². The van der Waals surface area contributed by atoms with Gasteiger partial charge in [0.15, 0.2) is 17.5 Å².